The van der Waals surface area contributed by atoms with Gasteiger partial charge in [0.25, 0.3) is 5.91 Å². The molecular formula is C27H28ClNO4S. The van der Waals surface area contributed by atoms with Gasteiger partial charge in [-0.1, -0.05) is 35.9 Å². The number of hydrogen-bond acceptors (Lipinski definition) is 4. The van der Waals surface area contributed by atoms with Crippen molar-refractivity contribution >= 4 is 50.7 Å². The Kier molecular flexibility index (Phi) is 8.01. The summed E-state index contributed by atoms with van der Waals surface area (Å²) in [5.41, 5.74) is 1.92. The number of carboxylic acid groups (broad SMARTS) is 1. The van der Waals surface area contributed by atoms with Crippen LogP contribution < -0.4 is 5.32 Å². The molecule has 0 bridgehead atoms. The summed E-state index contributed by atoms with van der Waals surface area (Å²) < 4.78 is 1.02. The van der Waals surface area contributed by atoms with E-state index in [-0.39, 0.29) is 24.0 Å². The molecule has 1 saturated carbocycles. The summed E-state index contributed by atoms with van der Waals surface area (Å²) in [6.45, 7) is 0.442. The number of Topliss-reactive ketones (excluding diaryl/α,β-unsaturated/α-hetero) is 1. The van der Waals surface area contributed by atoms with Crippen molar-refractivity contribution in [2.45, 2.75) is 50.9 Å². The van der Waals surface area contributed by atoms with Crippen LogP contribution in [0.4, 0.5) is 0 Å². The van der Waals surface area contributed by atoms with Crippen molar-refractivity contribution in [2.24, 2.45) is 5.92 Å². The van der Waals surface area contributed by atoms with Crippen LogP contribution in [-0.4, -0.2) is 29.3 Å². The Labute approximate surface area is 208 Å². The summed E-state index contributed by atoms with van der Waals surface area (Å²) in [5, 5.41) is 13.5. The first-order valence-electron chi connectivity index (χ1n) is 11.7. The van der Waals surface area contributed by atoms with Crippen molar-refractivity contribution < 1.29 is 19.5 Å². The van der Waals surface area contributed by atoms with Crippen LogP contribution in [0.2, 0.25) is 5.02 Å². The van der Waals surface area contributed by atoms with Crippen LogP contribution >= 0.6 is 22.9 Å². The lowest BCUT2D eigenvalue weighted by Gasteiger charge is -2.28. The molecule has 2 aromatic carbocycles. The van der Waals surface area contributed by atoms with E-state index in [4.69, 9.17) is 16.7 Å². The van der Waals surface area contributed by atoms with E-state index in [1.54, 1.807) is 0 Å². The highest BCUT2D eigenvalue weighted by atomic mass is 35.5. The zero-order valence-corrected chi connectivity index (χ0v) is 20.5. The Morgan fingerprint density at radius 1 is 1.00 bits per heavy atom. The van der Waals surface area contributed by atoms with Crippen LogP contribution in [0, 0.1) is 5.92 Å². The molecular weight excluding hydrogens is 470 g/mol. The molecule has 1 fully saturated rings. The molecule has 1 aliphatic rings. The van der Waals surface area contributed by atoms with Gasteiger partial charge in [0, 0.05) is 34.7 Å². The Hall–Kier alpha value is -2.70. The van der Waals surface area contributed by atoms with Gasteiger partial charge in [-0.05, 0) is 79.2 Å². The fourth-order valence-corrected chi connectivity index (χ4v) is 5.84. The van der Waals surface area contributed by atoms with E-state index in [0.29, 0.717) is 40.8 Å². The number of hydrogen-bond donors (Lipinski definition) is 2. The van der Waals surface area contributed by atoms with Crippen LogP contribution in [0.5, 0.6) is 0 Å². The largest absolute Gasteiger partial charge is 0.481 e. The van der Waals surface area contributed by atoms with Crippen LogP contribution in [0.15, 0.2) is 48.5 Å². The van der Waals surface area contributed by atoms with Gasteiger partial charge in [-0.15, -0.1) is 11.3 Å². The Morgan fingerprint density at radius 3 is 2.44 bits per heavy atom. The van der Waals surface area contributed by atoms with Crippen molar-refractivity contribution in [1.29, 1.82) is 0 Å². The van der Waals surface area contributed by atoms with Gasteiger partial charge in [-0.25, -0.2) is 0 Å². The molecule has 3 aromatic rings. The summed E-state index contributed by atoms with van der Waals surface area (Å²) >= 11 is 7.44. The molecule has 1 aliphatic carbocycles. The second kappa shape index (κ2) is 11.2. The number of carbonyl (C=O) groups is 3. The number of nitrogens with one attached hydrogen (secondary N) is 1. The molecule has 2 N–H and O–H groups in total. The summed E-state index contributed by atoms with van der Waals surface area (Å²) in [6, 6.07) is 15.3. The van der Waals surface area contributed by atoms with Gasteiger partial charge >= 0.3 is 5.97 Å². The number of thiophene rings is 1. The van der Waals surface area contributed by atoms with Gasteiger partial charge < -0.3 is 10.4 Å². The van der Waals surface area contributed by atoms with Gasteiger partial charge in [0.1, 0.15) is 0 Å². The van der Waals surface area contributed by atoms with E-state index >= 15 is 0 Å². The maximum absolute atomic E-state index is 12.6. The highest BCUT2D eigenvalue weighted by Crippen LogP contribution is 2.37. The van der Waals surface area contributed by atoms with Crippen molar-refractivity contribution in [3.63, 3.8) is 0 Å². The second-order valence-corrected chi connectivity index (χ2v) is 10.5. The highest BCUT2D eigenvalue weighted by Gasteiger charge is 2.24. The van der Waals surface area contributed by atoms with Gasteiger partial charge in [-0.3, -0.25) is 14.4 Å². The third-order valence-electron chi connectivity index (χ3n) is 6.58. The summed E-state index contributed by atoms with van der Waals surface area (Å²) in [5.74, 6) is -0.0483. The molecule has 0 spiro atoms. The fraction of sp³-hybridized carbons (Fsp3) is 0.370. The number of amides is 1. The van der Waals surface area contributed by atoms with Crippen LogP contribution in [-0.2, 0) is 4.79 Å². The average Bonchev–Trinajstić information content (AvgIpc) is 3.25. The van der Waals surface area contributed by atoms with Gasteiger partial charge in [0.2, 0.25) is 0 Å². The molecule has 0 radical (unpaired) electrons. The summed E-state index contributed by atoms with van der Waals surface area (Å²) in [7, 11) is 0. The lowest BCUT2D eigenvalue weighted by molar-refractivity contribution is -0.138. The van der Waals surface area contributed by atoms with E-state index in [2.05, 4.69) is 5.32 Å². The van der Waals surface area contributed by atoms with Crippen LogP contribution in [0.25, 0.3) is 10.1 Å². The minimum absolute atomic E-state index is 0.0717. The minimum atomic E-state index is -0.712. The number of ketones is 1. The fourth-order valence-electron chi connectivity index (χ4n) is 4.70. The molecule has 4 rings (SSSR count). The summed E-state index contributed by atoms with van der Waals surface area (Å²) in [6.07, 6.45) is 5.10. The minimum Gasteiger partial charge on any atom is -0.481 e. The third kappa shape index (κ3) is 6.24. The monoisotopic (exact) mass is 497 g/mol. The lowest BCUT2D eigenvalue weighted by Crippen LogP contribution is -2.24. The average molecular weight is 498 g/mol. The normalized spacial score (nSPS) is 18.0. The Morgan fingerprint density at radius 2 is 1.74 bits per heavy atom. The van der Waals surface area contributed by atoms with Crippen molar-refractivity contribution in [3.8, 4) is 0 Å². The zero-order valence-electron chi connectivity index (χ0n) is 18.9. The quantitative estimate of drug-likeness (QED) is 0.254. The second-order valence-electron chi connectivity index (χ2n) is 9.01. The molecule has 34 heavy (non-hydrogen) atoms. The number of halogens is 1. The molecule has 178 valence electrons. The number of carbonyl (C=O) groups excluding carboxylic acids is 2. The molecule has 7 heteroatoms. The molecule has 1 aromatic heterocycles. The van der Waals surface area contributed by atoms with Crippen LogP contribution in [0.1, 0.15) is 76.5 Å². The van der Waals surface area contributed by atoms with E-state index in [1.165, 1.54) is 16.9 Å². The highest BCUT2D eigenvalue weighted by molar-refractivity contribution is 7.20. The maximum atomic E-state index is 12.6. The SMILES string of the molecule is O=C(O)CC1CCC(c2ccc(C(=O)CCCNC(=O)c3cc4cc(Cl)ccc4s3)cc2)CC1. The molecule has 0 atom stereocenters. The zero-order chi connectivity index (χ0) is 24.1. The Bertz CT molecular complexity index is 1180. The Balaban J connectivity index is 1.21. The smallest absolute Gasteiger partial charge is 0.303 e. The molecule has 5 nitrogen and oxygen atoms in total. The predicted octanol–water partition coefficient (Wildman–Crippen LogP) is 6.70. The van der Waals surface area contributed by atoms with E-state index < -0.39 is 5.97 Å². The first-order valence-corrected chi connectivity index (χ1v) is 12.9. The standard InChI is InChI=1S/C27H28ClNO4S/c28-22-11-12-24-21(15-22)16-25(34-24)27(33)29-13-1-2-23(30)20-9-7-19(8-10-20)18-5-3-17(4-6-18)14-26(31)32/h7-12,15-18H,1-6,13-14H2,(H,29,33)(H,31,32). The first-order chi connectivity index (χ1) is 16.4. The predicted molar refractivity (Wildman–Crippen MR) is 136 cm³/mol. The topological polar surface area (TPSA) is 83.5 Å². The summed E-state index contributed by atoms with van der Waals surface area (Å²) in [4.78, 5) is 36.5. The number of carboxylic acids is 1. The van der Waals surface area contributed by atoms with Crippen molar-refractivity contribution in [2.75, 3.05) is 6.54 Å². The van der Waals surface area contributed by atoms with Crippen LogP contribution in [0.3, 0.4) is 0 Å². The molecule has 1 heterocycles. The molecule has 0 unspecified atom stereocenters. The molecule has 0 saturated heterocycles. The number of aliphatic carboxylic acids is 1. The lowest BCUT2D eigenvalue weighted by atomic mass is 9.77. The molecule has 0 aliphatic heterocycles. The third-order valence-corrected chi connectivity index (χ3v) is 7.93. The van der Waals surface area contributed by atoms with Crippen molar-refractivity contribution in [1.82, 2.24) is 5.32 Å². The van der Waals surface area contributed by atoms with E-state index in [9.17, 15) is 14.4 Å². The maximum Gasteiger partial charge on any atom is 0.303 e. The number of benzene rings is 2. The first kappa shape index (κ1) is 24.4. The van der Waals surface area contributed by atoms with Gasteiger partial charge in [0.05, 0.1) is 4.88 Å². The van der Waals surface area contributed by atoms with E-state index in [1.807, 2.05) is 48.5 Å². The molecule has 1 amide bonds. The van der Waals surface area contributed by atoms with E-state index in [0.717, 1.165) is 35.8 Å². The number of rotatable bonds is 9. The van der Waals surface area contributed by atoms with Crippen molar-refractivity contribution in [3.05, 3.63) is 69.6 Å². The number of fused-ring (bicyclic) bond motifs is 1. The van der Waals surface area contributed by atoms with Gasteiger partial charge in [0.15, 0.2) is 5.78 Å². The van der Waals surface area contributed by atoms with Gasteiger partial charge in [-0.2, -0.15) is 0 Å².